The number of halogens is 2. The number of aromatic nitrogens is 2. The van der Waals surface area contributed by atoms with Crippen molar-refractivity contribution in [2.75, 3.05) is 7.11 Å². The zero-order valence-corrected chi connectivity index (χ0v) is 13.7. The van der Waals surface area contributed by atoms with Gasteiger partial charge in [-0.05, 0) is 48.5 Å². The number of alkyl halides is 2. The monoisotopic (exact) mass is 342 g/mol. The lowest BCUT2D eigenvalue weighted by atomic mass is 10.1. The number of rotatable bonds is 5. The third kappa shape index (κ3) is 3.74. The van der Waals surface area contributed by atoms with Crippen molar-refractivity contribution >= 4 is 0 Å². The number of hydrogen-bond donors (Lipinski definition) is 0. The summed E-state index contributed by atoms with van der Waals surface area (Å²) in [6.07, 6.45) is 3.22. The van der Waals surface area contributed by atoms with Gasteiger partial charge in [0.2, 0.25) is 11.8 Å². The first-order valence-electron chi connectivity index (χ1n) is 7.59. The normalized spacial score (nSPS) is 11.2. The lowest BCUT2D eigenvalue weighted by Crippen LogP contribution is -2.06. The maximum Gasteiger partial charge on any atom is 0.270 e. The summed E-state index contributed by atoms with van der Waals surface area (Å²) in [7, 11) is 1.53. The molecule has 3 rings (SSSR count). The molecule has 0 fully saturated rings. The van der Waals surface area contributed by atoms with Crippen LogP contribution in [0.25, 0.3) is 11.1 Å². The van der Waals surface area contributed by atoms with E-state index in [1.54, 1.807) is 24.5 Å². The highest BCUT2D eigenvalue weighted by Crippen LogP contribution is 2.36. The molecule has 0 N–H and O–H groups in total. The quantitative estimate of drug-likeness (QED) is 0.650. The van der Waals surface area contributed by atoms with E-state index >= 15 is 0 Å². The van der Waals surface area contributed by atoms with Gasteiger partial charge in [-0.25, -0.2) is 18.7 Å². The van der Waals surface area contributed by atoms with E-state index < -0.39 is 5.92 Å². The number of hydrogen-bond acceptors (Lipinski definition) is 4. The van der Waals surface area contributed by atoms with E-state index in [9.17, 15) is 8.78 Å². The summed E-state index contributed by atoms with van der Waals surface area (Å²) in [6.45, 7) is 0.856. The molecule has 0 saturated carbocycles. The second-order valence-electron chi connectivity index (χ2n) is 5.43. The molecule has 1 aromatic carbocycles. The van der Waals surface area contributed by atoms with Gasteiger partial charge in [0.05, 0.1) is 7.11 Å². The van der Waals surface area contributed by atoms with Gasteiger partial charge in [-0.1, -0.05) is 0 Å². The van der Waals surface area contributed by atoms with Gasteiger partial charge in [-0.15, -0.1) is 0 Å². The molecule has 0 aliphatic rings. The molecule has 3 aromatic rings. The molecule has 0 spiro atoms. The average Bonchev–Trinajstić information content (AvgIpc) is 2.62. The van der Waals surface area contributed by atoms with Gasteiger partial charge in [0.25, 0.3) is 5.92 Å². The standard InChI is InChI=1S/C19H16F2N2O2/c1-19(20,21)13-7-9-14(10-8-13)25-18-16(6-4-12-23-18)15-5-3-11-22-17(15)24-2/h3-12H,1-2H3. The van der Waals surface area contributed by atoms with Crippen LogP contribution in [0.15, 0.2) is 60.9 Å². The molecule has 128 valence electrons. The predicted octanol–water partition coefficient (Wildman–Crippen LogP) is 5.06. The second-order valence-corrected chi connectivity index (χ2v) is 5.43. The molecule has 0 unspecified atom stereocenters. The Kier molecular flexibility index (Phi) is 4.61. The summed E-state index contributed by atoms with van der Waals surface area (Å²) in [5.41, 5.74) is 1.34. The highest BCUT2D eigenvalue weighted by Gasteiger charge is 2.24. The first kappa shape index (κ1) is 16.8. The summed E-state index contributed by atoms with van der Waals surface area (Å²) < 4.78 is 37.7. The smallest absolute Gasteiger partial charge is 0.270 e. The van der Waals surface area contributed by atoms with Crippen molar-refractivity contribution in [1.29, 1.82) is 0 Å². The maximum absolute atomic E-state index is 13.3. The van der Waals surface area contributed by atoms with E-state index in [1.165, 1.54) is 31.4 Å². The Hall–Kier alpha value is -3.02. The molecule has 0 radical (unpaired) electrons. The van der Waals surface area contributed by atoms with E-state index in [-0.39, 0.29) is 5.56 Å². The van der Waals surface area contributed by atoms with Crippen molar-refractivity contribution in [1.82, 2.24) is 9.97 Å². The van der Waals surface area contributed by atoms with Crippen molar-refractivity contribution in [2.45, 2.75) is 12.8 Å². The minimum absolute atomic E-state index is 0.0741. The van der Waals surface area contributed by atoms with Crippen molar-refractivity contribution in [3.05, 3.63) is 66.5 Å². The van der Waals surface area contributed by atoms with Gasteiger partial charge in [-0.3, -0.25) is 0 Å². The van der Waals surface area contributed by atoms with Crippen molar-refractivity contribution in [2.24, 2.45) is 0 Å². The van der Waals surface area contributed by atoms with Crippen LogP contribution >= 0.6 is 0 Å². The zero-order valence-electron chi connectivity index (χ0n) is 13.7. The average molecular weight is 342 g/mol. The summed E-state index contributed by atoms with van der Waals surface area (Å²) in [5.74, 6) is -1.69. The second kappa shape index (κ2) is 6.84. The van der Waals surface area contributed by atoms with E-state index in [2.05, 4.69) is 9.97 Å². The van der Waals surface area contributed by atoms with Crippen molar-refractivity contribution < 1.29 is 18.3 Å². The summed E-state index contributed by atoms with van der Waals surface area (Å²) >= 11 is 0. The molecule has 0 aliphatic heterocycles. The lowest BCUT2D eigenvalue weighted by molar-refractivity contribution is 0.0174. The number of nitrogens with zero attached hydrogens (tertiary/aromatic N) is 2. The van der Waals surface area contributed by atoms with Crippen LogP contribution in [0.5, 0.6) is 17.5 Å². The third-order valence-corrected chi connectivity index (χ3v) is 3.60. The van der Waals surface area contributed by atoms with Gasteiger partial charge >= 0.3 is 0 Å². The van der Waals surface area contributed by atoms with Gasteiger partial charge < -0.3 is 9.47 Å². The van der Waals surface area contributed by atoms with E-state index in [4.69, 9.17) is 9.47 Å². The Morgan fingerprint density at radius 3 is 1.96 bits per heavy atom. The van der Waals surface area contributed by atoms with E-state index in [1.807, 2.05) is 12.1 Å². The SMILES string of the molecule is COc1ncccc1-c1cccnc1Oc1ccc(C(C)(F)F)cc1. The van der Waals surface area contributed by atoms with Gasteiger partial charge in [0.15, 0.2) is 0 Å². The number of ether oxygens (including phenoxy) is 2. The molecule has 2 aromatic heterocycles. The molecule has 0 saturated heterocycles. The third-order valence-electron chi connectivity index (χ3n) is 3.60. The Bertz CT molecular complexity index is 862. The first-order valence-corrected chi connectivity index (χ1v) is 7.59. The van der Waals surface area contributed by atoms with Crippen molar-refractivity contribution in [3.63, 3.8) is 0 Å². The van der Waals surface area contributed by atoms with Crippen LogP contribution in [-0.4, -0.2) is 17.1 Å². The van der Waals surface area contributed by atoms with Crippen LogP contribution < -0.4 is 9.47 Å². The van der Waals surface area contributed by atoms with Crippen LogP contribution in [0, 0.1) is 0 Å². The number of methoxy groups -OCH3 is 1. The molecular formula is C19H16F2N2O2. The largest absolute Gasteiger partial charge is 0.481 e. The minimum atomic E-state index is -2.89. The number of benzene rings is 1. The Morgan fingerprint density at radius 1 is 0.840 bits per heavy atom. The van der Waals surface area contributed by atoms with Crippen LogP contribution in [0.4, 0.5) is 8.78 Å². The van der Waals surface area contributed by atoms with Crippen LogP contribution in [0.3, 0.4) is 0 Å². The summed E-state index contributed by atoms with van der Waals surface area (Å²) in [5, 5.41) is 0. The predicted molar refractivity (Wildman–Crippen MR) is 90.1 cm³/mol. The fraction of sp³-hybridized carbons (Fsp3) is 0.158. The first-order chi connectivity index (χ1) is 12.0. The topological polar surface area (TPSA) is 44.2 Å². The summed E-state index contributed by atoms with van der Waals surface area (Å²) in [4.78, 5) is 8.41. The highest BCUT2D eigenvalue weighted by atomic mass is 19.3. The fourth-order valence-corrected chi connectivity index (χ4v) is 2.36. The van der Waals surface area contributed by atoms with Crippen LogP contribution in [0.2, 0.25) is 0 Å². The lowest BCUT2D eigenvalue weighted by Gasteiger charge is -2.13. The van der Waals surface area contributed by atoms with Crippen molar-refractivity contribution in [3.8, 4) is 28.6 Å². The minimum Gasteiger partial charge on any atom is -0.481 e. The van der Waals surface area contributed by atoms with Gasteiger partial charge in [-0.2, -0.15) is 0 Å². The number of pyridine rings is 2. The van der Waals surface area contributed by atoms with Gasteiger partial charge in [0, 0.05) is 36.0 Å². The Labute approximate surface area is 144 Å². The van der Waals surface area contributed by atoms with E-state index in [0.717, 1.165) is 12.5 Å². The molecular weight excluding hydrogens is 326 g/mol. The molecule has 6 heteroatoms. The van der Waals surface area contributed by atoms with E-state index in [0.29, 0.717) is 23.1 Å². The van der Waals surface area contributed by atoms with Crippen LogP contribution in [0.1, 0.15) is 12.5 Å². The zero-order chi connectivity index (χ0) is 17.9. The van der Waals surface area contributed by atoms with Crippen LogP contribution in [-0.2, 0) is 5.92 Å². The highest BCUT2D eigenvalue weighted by molar-refractivity contribution is 5.73. The molecule has 0 bridgehead atoms. The molecule has 25 heavy (non-hydrogen) atoms. The Morgan fingerprint density at radius 2 is 1.40 bits per heavy atom. The molecule has 0 amide bonds. The molecule has 0 atom stereocenters. The molecule has 2 heterocycles. The molecule has 0 aliphatic carbocycles. The Balaban J connectivity index is 1.94. The van der Waals surface area contributed by atoms with Gasteiger partial charge in [0.1, 0.15) is 5.75 Å². The summed E-state index contributed by atoms with van der Waals surface area (Å²) in [6, 6.07) is 12.9. The maximum atomic E-state index is 13.3. The fourth-order valence-electron chi connectivity index (χ4n) is 2.36. The molecule has 4 nitrogen and oxygen atoms in total.